The number of imidazole rings is 1. The summed E-state index contributed by atoms with van der Waals surface area (Å²) >= 11 is 0. The molecule has 5 heteroatoms. The molecule has 1 aliphatic rings. The molecule has 2 unspecified atom stereocenters. The largest absolute Gasteiger partial charge is 0.394 e. The van der Waals surface area contributed by atoms with E-state index in [1.165, 1.54) is 24.2 Å². The quantitative estimate of drug-likeness (QED) is 0.805. The van der Waals surface area contributed by atoms with Crippen LogP contribution >= 0.6 is 0 Å². The standard InChI is InChI=1S/C13H23N3O2/c1-9-15-11-5-3-4-6-12(11)16(9)13(7-17)10(14)8-18-2/h10,13,17H,3-8,14H2,1-2H3. The second-order valence-electron chi connectivity index (χ2n) is 5.00. The highest BCUT2D eigenvalue weighted by atomic mass is 16.5. The number of hydrogen-bond acceptors (Lipinski definition) is 4. The molecule has 0 saturated heterocycles. The lowest BCUT2D eigenvalue weighted by Gasteiger charge is -2.27. The first-order valence-corrected chi connectivity index (χ1v) is 6.61. The Morgan fingerprint density at radius 1 is 1.44 bits per heavy atom. The fourth-order valence-corrected chi connectivity index (χ4v) is 2.85. The van der Waals surface area contributed by atoms with Crippen molar-refractivity contribution in [2.45, 2.75) is 44.7 Å². The minimum atomic E-state index is -0.209. The number of hydrogen-bond donors (Lipinski definition) is 2. The van der Waals surface area contributed by atoms with Gasteiger partial charge in [-0.15, -0.1) is 0 Å². The lowest BCUT2D eigenvalue weighted by molar-refractivity contribution is 0.127. The van der Waals surface area contributed by atoms with Gasteiger partial charge < -0.3 is 20.1 Å². The summed E-state index contributed by atoms with van der Waals surface area (Å²) in [6.07, 6.45) is 4.47. The third kappa shape index (κ3) is 2.43. The van der Waals surface area contributed by atoms with E-state index in [9.17, 15) is 5.11 Å². The number of fused-ring (bicyclic) bond motifs is 1. The average molecular weight is 253 g/mol. The van der Waals surface area contributed by atoms with Crippen molar-refractivity contribution in [2.24, 2.45) is 5.73 Å². The van der Waals surface area contributed by atoms with Gasteiger partial charge in [0.15, 0.2) is 0 Å². The SMILES string of the molecule is COCC(N)C(CO)n1c(C)nc2c1CCCC2. The monoisotopic (exact) mass is 253 g/mol. The van der Waals surface area contributed by atoms with Crippen LogP contribution < -0.4 is 5.73 Å². The van der Waals surface area contributed by atoms with E-state index in [2.05, 4.69) is 9.55 Å². The molecule has 5 nitrogen and oxygen atoms in total. The molecule has 1 aliphatic carbocycles. The van der Waals surface area contributed by atoms with Crippen LogP contribution in [0.15, 0.2) is 0 Å². The number of aliphatic hydroxyl groups is 1. The van der Waals surface area contributed by atoms with Gasteiger partial charge in [-0.2, -0.15) is 0 Å². The highest BCUT2D eigenvalue weighted by Gasteiger charge is 2.26. The zero-order valence-corrected chi connectivity index (χ0v) is 11.2. The number of methoxy groups -OCH3 is 1. The molecule has 0 aliphatic heterocycles. The van der Waals surface area contributed by atoms with Crippen LogP contribution in [0, 0.1) is 6.92 Å². The number of aliphatic hydroxyl groups excluding tert-OH is 1. The molecule has 0 saturated carbocycles. The fraction of sp³-hybridized carbons (Fsp3) is 0.769. The lowest BCUT2D eigenvalue weighted by Crippen LogP contribution is -2.39. The summed E-state index contributed by atoms with van der Waals surface area (Å²) < 4.78 is 7.22. The first-order valence-electron chi connectivity index (χ1n) is 6.61. The van der Waals surface area contributed by atoms with Gasteiger partial charge >= 0.3 is 0 Å². The van der Waals surface area contributed by atoms with E-state index in [1.807, 2.05) is 6.92 Å². The van der Waals surface area contributed by atoms with Crippen molar-refractivity contribution >= 4 is 0 Å². The van der Waals surface area contributed by atoms with E-state index < -0.39 is 0 Å². The molecule has 2 atom stereocenters. The zero-order chi connectivity index (χ0) is 13.1. The summed E-state index contributed by atoms with van der Waals surface area (Å²) in [5.74, 6) is 0.951. The maximum Gasteiger partial charge on any atom is 0.106 e. The fourth-order valence-electron chi connectivity index (χ4n) is 2.85. The van der Waals surface area contributed by atoms with Crippen LogP contribution in [0.3, 0.4) is 0 Å². The van der Waals surface area contributed by atoms with Crippen LogP contribution in [0.4, 0.5) is 0 Å². The molecule has 0 bridgehead atoms. The highest BCUT2D eigenvalue weighted by molar-refractivity contribution is 5.21. The maximum atomic E-state index is 9.64. The van der Waals surface area contributed by atoms with Crippen LogP contribution in [0.5, 0.6) is 0 Å². The van der Waals surface area contributed by atoms with Gasteiger partial charge in [-0.05, 0) is 32.6 Å². The molecule has 18 heavy (non-hydrogen) atoms. The number of aryl methyl sites for hydroxylation is 2. The van der Waals surface area contributed by atoms with Crippen molar-refractivity contribution in [3.63, 3.8) is 0 Å². The molecule has 1 heterocycles. The van der Waals surface area contributed by atoms with E-state index in [-0.39, 0.29) is 18.7 Å². The normalized spacial score (nSPS) is 18.4. The summed E-state index contributed by atoms with van der Waals surface area (Å²) in [5, 5.41) is 9.64. The molecule has 0 aromatic carbocycles. The summed E-state index contributed by atoms with van der Waals surface area (Å²) in [6, 6.07) is -0.349. The molecule has 2 rings (SSSR count). The molecule has 0 fully saturated rings. The van der Waals surface area contributed by atoms with E-state index in [1.54, 1.807) is 7.11 Å². The minimum Gasteiger partial charge on any atom is -0.394 e. The Labute approximate surface area is 108 Å². The van der Waals surface area contributed by atoms with Gasteiger partial charge in [0.2, 0.25) is 0 Å². The molecule has 0 amide bonds. The Bertz CT molecular complexity index is 403. The average Bonchev–Trinajstić information content (AvgIpc) is 2.68. The van der Waals surface area contributed by atoms with Crippen molar-refractivity contribution < 1.29 is 9.84 Å². The van der Waals surface area contributed by atoms with E-state index >= 15 is 0 Å². The predicted octanol–water partition coefficient (Wildman–Crippen LogP) is 0.577. The first kappa shape index (κ1) is 13.5. The minimum absolute atomic E-state index is 0.0220. The van der Waals surface area contributed by atoms with Gasteiger partial charge in [0.1, 0.15) is 5.82 Å². The van der Waals surface area contributed by atoms with Crippen LogP contribution in [-0.2, 0) is 17.6 Å². The molecule has 3 N–H and O–H groups in total. The summed E-state index contributed by atoms with van der Waals surface area (Å²) in [6.45, 7) is 2.45. The predicted molar refractivity (Wildman–Crippen MR) is 69.6 cm³/mol. The van der Waals surface area contributed by atoms with Crippen LogP contribution in [0.25, 0.3) is 0 Å². The molecule has 0 spiro atoms. The van der Waals surface area contributed by atoms with Gasteiger partial charge in [0.05, 0.1) is 31.0 Å². The van der Waals surface area contributed by atoms with Gasteiger partial charge in [-0.25, -0.2) is 4.98 Å². The van der Waals surface area contributed by atoms with Crippen LogP contribution in [0.2, 0.25) is 0 Å². The van der Waals surface area contributed by atoms with Crippen LogP contribution in [0.1, 0.15) is 36.1 Å². The lowest BCUT2D eigenvalue weighted by atomic mass is 10.00. The number of ether oxygens (including phenoxy) is 1. The number of nitrogens with two attached hydrogens (primary N) is 1. The van der Waals surface area contributed by atoms with E-state index in [0.717, 1.165) is 18.7 Å². The van der Waals surface area contributed by atoms with Gasteiger partial charge in [0.25, 0.3) is 0 Å². The summed E-state index contributed by atoms with van der Waals surface area (Å²) in [4.78, 5) is 4.62. The zero-order valence-electron chi connectivity index (χ0n) is 11.2. The Morgan fingerprint density at radius 3 is 2.83 bits per heavy atom. The number of nitrogens with zero attached hydrogens (tertiary/aromatic N) is 2. The Morgan fingerprint density at radius 2 is 2.17 bits per heavy atom. The summed E-state index contributed by atoms with van der Waals surface area (Å²) in [5.41, 5.74) is 8.53. The highest BCUT2D eigenvalue weighted by Crippen LogP contribution is 2.26. The molecule has 102 valence electrons. The van der Waals surface area contributed by atoms with Gasteiger partial charge in [-0.3, -0.25) is 0 Å². The molecule has 0 radical (unpaired) electrons. The third-order valence-electron chi connectivity index (χ3n) is 3.72. The first-order chi connectivity index (χ1) is 8.69. The number of aromatic nitrogens is 2. The van der Waals surface area contributed by atoms with Crippen molar-refractivity contribution in [1.82, 2.24) is 9.55 Å². The summed E-state index contributed by atoms with van der Waals surface area (Å²) in [7, 11) is 1.63. The van der Waals surface area contributed by atoms with Crippen LogP contribution in [-0.4, -0.2) is 41.0 Å². The number of rotatable bonds is 5. The maximum absolute atomic E-state index is 9.64. The topological polar surface area (TPSA) is 73.3 Å². The van der Waals surface area contributed by atoms with Crippen molar-refractivity contribution in [3.8, 4) is 0 Å². The Balaban J connectivity index is 2.32. The van der Waals surface area contributed by atoms with E-state index in [4.69, 9.17) is 10.5 Å². The molecular formula is C13H23N3O2. The van der Waals surface area contributed by atoms with Gasteiger partial charge in [0, 0.05) is 12.8 Å². The molecular weight excluding hydrogens is 230 g/mol. The Kier molecular flexibility index (Phi) is 4.37. The second-order valence-corrected chi connectivity index (χ2v) is 5.00. The van der Waals surface area contributed by atoms with Crippen molar-refractivity contribution in [2.75, 3.05) is 20.3 Å². The third-order valence-corrected chi connectivity index (χ3v) is 3.72. The van der Waals surface area contributed by atoms with Crippen molar-refractivity contribution in [1.29, 1.82) is 0 Å². The smallest absolute Gasteiger partial charge is 0.106 e. The molecule has 1 aromatic rings. The molecule has 1 aromatic heterocycles. The van der Waals surface area contributed by atoms with Gasteiger partial charge in [-0.1, -0.05) is 0 Å². The Hall–Kier alpha value is -0.910. The second kappa shape index (κ2) is 5.82. The van der Waals surface area contributed by atoms with E-state index in [0.29, 0.717) is 6.61 Å². The van der Waals surface area contributed by atoms with Crippen molar-refractivity contribution in [3.05, 3.63) is 17.2 Å².